The second-order valence-electron chi connectivity index (χ2n) is 10.2. The van der Waals surface area contributed by atoms with E-state index < -0.39 is 0 Å². The Balaban J connectivity index is 1.29. The standard InChI is InChI=1S/C30H37N3O/c1-22-12-14-25(15-13-22)21-33-28-11-7-6-10-27(28)23(2)29(33)30(34)31-26-16-18-32(19-17-26)20-24-8-4-3-5-9-24/h3-5,8-9,12-15,26H,6-7,10-11,16-21H2,1-2H3,(H,31,34). The number of carbonyl (C=O) groups is 1. The Morgan fingerprint density at radius 1 is 0.882 bits per heavy atom. The highest BCUT2D eigenvalue weighted by molar-refractivity contribution is 5.95. The number of carbonyl (C=O) groups excluding carboxylic acids is 1. The predicted octanol–water partition coefficient (Wildman–Crippen LogP) is 5.43. The minimum absolute atomic E-state index is 0.112. The van der Waals surface area contributed by atoms with Gasteiger partial charge < -0.3 is 9.88 Å². The SMILES string of the molecule is Cc1ccc(Cn2c3c(c(C)c2C(=O)NC2CCN(Cc4ccccc4)CC2)CCCC3)cc1. The molecule has 4 nitrogen and oxygen atoms in total. The van der Waals surface area contributed by atoms with Crippen LogP contribution in [0.15, 0.2) is 54.6 Å². The molecule has 1 N–H and O–H groups in total. The summed E-state index contributed by atoms with van der Waals surface area (Å²) in [5.74, 6) is 0.112. The van der Waals surface area contributed by atoms with Gasteiger partial charge in [0.05, 0.1) is 0 Å². The molecule has 1 saturated heterocycles. The van der Waals surface area contributed by atoms with Gasteiger partial charge in [-0.15, -0.1) is 0 Å². The minimum atomic E-state index is 0.112. The van der Waals surface area contributed by atoms with Crippen molar-refractivity contribution < 1.29 is 4.79 Å². The molecule has 5 rings (SSSR count). The quantitative estimate of drug-likeness (QED) is 0.538. The minimum Gasteiger partial charge on any atom is -0.348 e. The van der Waals surface area contributed by atoms with Crippen molar-refractivity contribution >= 4 is 5.91 Å². The van der Waals surface area contributed by atoms with Crippen LogP contribution in [0.1, 0.15) is 69.7 Å². The number of fused-ring (bicyclic) bond motifs is 1. The van der Waals surface area contributed by atoms with Crippen molar-refractivity contribution in [3.8, 4) is 0 Å². The Kier molecular flexibility index (Phi) is 6.87. The van der Waals surface area contributed by atoms with E-state index in [0.717, 1.165) is 57.6 Å². The van der Waals surface area contributed by atoms with Crippen LogP contribution in [0.25, 0.3) is 0 Å². The first-order valence-corrected chi connectivity index (χ1v) is 12.9. The molecule has 2 heterocycles. The molecule has 0 radical (unpaired) electrons. The number of amides is 1. The van der Waals surface area contributed by atoms with Crippen molar-refractivity contribution in [1.29, 1.82) is 0 Å². The van der Waals surface area contributed by atoms with E-state index in [-0.39, 0.29) is 11.9 Å². The molecule has 0 spiro atoms. The molecule has 3 aromatic rings. The third-order valence-electron chi connectivity index (χ3n) is 7.69. The molecule has 178 valence electrons. The lowest BCUT2D eigenvalue weighted by atomic mass is 9.95. The van der Waals surface area contributed by atoms with Crippen molar-refractivity contribution in [1.82, 2.24) is 14.8 Å². The van der Waals surface area contributed by atoms with Crippen molar-refractivity contribution in [3.05, 3.63) is 93.8 Å². The second kappa shape index (κ2) is 10.2. The molecular formula is C30H37N3O. The third-order valence-corrected chi connectivity index (χ3v) is 7.69. The molecule has 1 aliphatic carbocycles. The maximum absolute atomic E-state index is 13.6. The van der Waals surface area contributed by atoms with Crippen LogP contribution in [0.3, 0.4) is 0 Å². The first kappa shape index (κ1) is 22.9. The average molecular weight is 456 g/mol. The Labute approximate surface area is 204 Å². The van der Waals surface area contributed by atoms with Crippen LogP contribution in [0.4, 0.5) is 0 Å². The molecule has 0 saturated carbocycles. The van der Waals surface area contributed by atoms with E-state index in [2.05, 4.69) is 83.2 Å². The molecule has 2 aliphatic rings. The summed E-state index contributed by atoms with van der Waals surface area (Å²) < 4.78 is 2.33. The number of nitrogens with one attached hydrogen (secondary N) is 1. The van der Waals surface area contributed by atoms with E-state index in [1.165, 1.54) is 46.4 Å². The molecule has 1 aliphatic heterocycles. The second-order valence-corrected chi connectivity index (χ2v) is 10.2. The Hall–Kier alpha value is -2.85. The van der Waals surface area contributed by atoms with Gasteiger partial charge in [0.25, 0.3) is 5.91 Å². The van der Waals surface area contributed by atoms with Gasteiger partial charge in [0.1, 0.15) is 5.69 Å². The van der Waals surface area contributed by atoms with Crippen molar-refractivity contribution in [3.63, 3.8) is 0 Å². The predicted molar refractivity (Wildman–Crippen MR) is 138 cm³/mol. The van der Waals surface area contributed by atoms with Crippen LogP contribution >= 0.6 is 0 Å². The number of aromatic nitrogens is 1. The van der Waals surface area contributed by atoms with Crippen molar-refractivity contribution in [2.75, 3.05) is 13.1 Å². The Bertz CT molecular complexity index is 1120. The van der Waals surface area contributed by atoms with Crippen LogP contribution in [0.2, 0.25) is 0 Å². The maximum Gasteiger partial charge on any atom is 0.268 e. The molecule has 0 bridgehead atoms. The van der Waals surface area contributed by atoms with E-state index in [1.807, 2.05) is 0 Å². The summed E-state index contributed by atoms with van der Waals surface area (Å²) in [7, 11) is 0. The van der Waals surface area contributed by atoms with Gasteiger partial charge in [-0.25, -0.2) is 0 Å². The molecule has 1 amide bonds. The van der Waals surface area contributed by atoms with E-state index in [4.69, 9.17) is 0 Å². The lowest BCUT2D eigenvalue weighted by molar-refractivity contribution is 0.0899. The van der Waals surface area contributed by atoms with Gasteiger partial charge in [-0.05, 0) is 74.6 Å². The number of hydrogen-bond donors (Lipinski definition) is 1. The van der Waals surface area contributed by atoms with Gasteiger partial charge in [-0.1, -0.05) is 60.2 Å². The average Bonchev–Trinajstić information content (AvgIpc) is 3.14. The van der Waals surface area contributed by atoms with Crippen LogP contribution < -0.4 is 5.32 Å². The van der Waals surface area contributed by atoms with E-state index >= 15 is 0 Å². The van der Waals surface area contributed by atoms with Gasteiger partial charge in [0, 0.05) is 37.9 Å². The van der Waals surface area contributed by atoms with Crippen molar-refractivity contribution in [2.24, 2.45) is 0 Å². The molecule has 0 atom stereocenters. The molecule has 4 heteroatoms. The zero-order valence-electron chi connectivity index (χ0n) is 20.6. The summed E-state index contributed by atoms with van der Waals surface area (Å²) in [5.41, 5.74) is 8.77. The zero-order chi connectivity index (χ0) is 23.5. The summed E-state index contributed by atoms with van der Waals surface area (Å²) in [5, 5.41) is 3.42. The van der Waals surface area contributed by atoms with Crippen molar-refractivity contribution in [2.45, 2.75) is 71.5 Å². The summed E-state index contributed by atoms with van der Waals surface area (Å²) in [4.78, 5) is 16.1. The molecule has 0 unspecified atom stereocenters. The van der Waals surface area contributed by atoms with E-state index in [1.54, 1.807) is 0 Å². The number of hydrogen-bond acceptors (Lipinski definition) is 2. The number of nitrogens with zero attached hydrogens (tertiary/aromatic N) is 2. The lowest BCUT2D eigenvalue weighted by Gasteiger charge is -2.32. The molecule has 34 heavy (non-hydrogen) atoms. The monoisotopic (exact) mass is 455 g/mol. The highest BCUT2D eigenvalue weighted by atomic mass is 16.2. The molecule has 2 aromatic carbocycles. The Morgan fingerprint density at radius 2 is 1.56 bits per heavy atom. The highest BCUT2D eigenvalue weighted by Crippen LogP contribution is 2.31. The third kappa shape index (κ3) is 4.97. The number of likely N-dealkylation sites (tertiary alicyclic amines) is 1. The molecule has 1 fully saturated rings. The number of piperidine rings is 1. The highest BCUT2D eigenvalue weighted by Gasteiger charge is 2.28. The topological polar surface area (TPSA) is 37.3 Å². The zero-order valence-corrected chi connectivity index (χ0v) is 20.6. The van der Waals surface area contributed by atoms with Crippen LogP contribution in [-0.2, 0) is 25.9 Å². The first-order valence-electron chi connectivity index (χ1n) is 12.9. The van der Waals surface area contributed by atoms with E-state index in [9.17, 15) is 4.79 Å². The largest absolute Gasteiger partial charge is 0.348 e. The fourth-order valence-corrected chi connectivity index (χ4v) is 5.75. The van der Waals surface area contributed by atoms with Gasteiger partial charge in [0.15, 0.2) is 0 Å². The molecular weight excluding hydrogens is 418 g/mol. The van der Waals surface area contributed by atoms with Gasteiger partial charge in [-0.2, -0.15) is 0 Å². The van der Waals surface area contributed by atoms with Crippen LogP contribution in [-0.4, -0.2) is 34.5 Å². The fraction of sp³-hybridized carbons (Fsp3) is 0.433. The van der Waals surface area contributed by atoms with E-state index in [0.29, 0.717) is 0 Å². The normalized spacial score (nSPS) is 16.9. The molecule has 1 aromatic heterocycles. The summed E-state index contributed by atoms with van der Waals surface area (Å²) in [6.07, 6.45) is 6.63. The first-order chi connectivity index (χ1) is 16.6. The van der Waals surface area contributed by atoms with Crippen LogP contribution in [0.5, 0.6) is 0 Å². The number of aryl methyl sites for hydroxylation is 1. The van der Waals surface area contributed by atoms with Crippen LogP contribution in [0, 0.1) is 13.8 Å². The summed E-state index contributed by atoms with van der Waals surface area (Å²) >= 11 is 0. The maximum atomic E-state index is 13.6. The Morgan fingerprint density at radius 3 is 2.29 bits per heavy atom. The van der Waals surface area contributed by atoms with Gasteiger partial charge in [-0.3, -0.25) is 9.69 Å². The smallest absolute Gasteiger partial charge is 0.268 e. The van der Waals surface area contributed by atoms with Gasteiger partial charge in [0.2, 0.25) is 0 Å². The lowest BCUT2D eigenvalue weighted by Crippen LogP contribution is -2.45. The summed E-state index contributed by atoms with van der Waals surface area (Å²) in [6, 6.07) is 19.7. The number of benzene rings is 2. The summed E-state index contributed by atoms with van der Waals surface area (Å²) in [6.45, 7) is 8.10. The van der Waals surface area contributed by atoms with Gasteiger partial charge >= 0.3 is 0 Å². The number of rotatable bonds is 6. The fourth-order valence-electron chi connectivity index (χ4n) is 5.75.